The van der Waals surface area contributed by atoms with E-state index < -0.39 is 9.84 Å². The molecule has 0 spiro atoms. The molecule has 1 unspecified atom stereocenters. The van der Waals surface area contributed by atoms with Crippen LogP contribution >= 0.6 is 0 Å². The standard InChI is InChI=1S/C14H29NO2S/c1-3-4-5-6-7-8-9-14(12-15-2)10-11-18(16,17)13-14/h15H,3-13H2,1-2H3. The van der Waals surface area contributed by atoms with E-state index in [1.165, 1.54) is 38.5 Å². The van der Waals surface area contributed by atoms with Crippen LogP contribution in [0.25, 0.3) is 0 Å². The molecule has 1 aliphatic rings. The third kappa shape index (κ3) is 5.27. The van der Waals surface area contributed by atoms with Crippen molar-refractivity contribution in [3.05, 3.63) is 0 Å². The lowest BCUT2D eigenvalue weighted by atomic mass is 9.82. The topological polar surface area (TPSA) is 46.2 Å². The molecule has 3 nitrogen and oxygen atoms in total. The molecule has 18 heavy (non-hydrogen) atoms. The summed E-state index contributed by atoms with van der Waals surface area (Å²) in [4.78, 5) is 0. The monoisotopic (exact) mass is 275 g/mol. The molecule has 1 saturated heterocycles. The fourth-order valence-electron chi connectivity index (χ4n) is 3.06. The summed E-state index contributed by atoms with van der Waals surface area (Å²) in [6.07, 6.45) is 9.60. The molecule has 0 aliphatic carbocycles. The highest BCUT2D eigenvalue weighted by molar-refractivity contribution is 7.91. The maximum Gasteiger partial charge on any atom is 0.150 e. The maximum atomic E-state index is 11.7. The summed E-state index contributed by atoms with van der Waals surface area (Å²) in [7, 11) is -0.843. The lowest BCUT2D eigenvalue weighted by Gasteiger charge is -2.27. The van der Waals surface area contributed by atoms with Crippen molar-refractivity contribution in [2.24, 2.45) is 5.41 Å². The van der Waals surface area contributed by atoms with Crippen LogP contribution < -0.4 is 5.32 Å². The smallest absolute Gasteiger partial charge is 0.150 e. The third-order valence-corrected chi connectivity index (χ3v) is 5.96. The molecular formula is C14H29NO2S. The van der Waals surface area contributed by atoms with E-state index >= 15 is 0 Å². The van der Waals surface area contributed by atoms with Gasteiger partial charge in [0.05, 0.1) is 11.5 Å². The van der Waals surface area contributed by atoms with E-state index in [1.54, 1.807) is 0 Å². The molecule has 1 N–H and O–H groups in total. The van der Waals surface area contributed by atoms with Crippen LogP contribution in [0.1, 0.15) is 58.3 Å². The molecule has 0 aromatic heterocycles. The molecule has 0 saturated carbocycles. The fraction of sp³-hybridized carbons (Fsp3) is 1.00. The van der Waals surface area contributed by atoms with Crippen molar-refractivity contribution in [3.8, 4) is 0 Å². The number of hydrogen-bond donors (Lipinski definition) is 1. The van der Waals surface area contributed by atoms with Crippen molar-refractivity contribution in [3.63, 3.8) is 0 Å². The zero-order valence-electron chi connectivity index (χ0n) is 12.0. The van der Waals surface area contributed by atoms with Crippen LogP contribution in [0.15, 0.2) is 0 Å². The van der Waals surface area contributed by atoms with Crippen LogP contribution in [-0.4, -0.2) is 33.5 Å². The Kier molecular flexibility index (Phi) is 6.64. The average molecular weight is 275 g/mol. The minimum atomic E-state index is -2.77. The Morgan fingerprint density at radius 2 is 1.78 bits per heavy atom. The van der Waals surface area contributed by atoms with Crippen molar-refractivity contribution >= 4 is 9.84 Å². The summed E-state index contributed by atoms with van der Waals surface area (Å²) < 4.78 is 23.3. The van der Waals surface area contributed by atoms with Gasteiger partial charge in [0.15, 0.2) is 9.84 Å². The van der Waals surface area contributed by atoms with Crippen LogP contribution in [0.3, 0.4) is 0 Å². The van der Waals surface area contributed by atoms with Gasteiger partial charge in [-0.25, -0.2) is 8.42 Å². The van der Waals surface area contributed by atoms with Crippen LogP contribution in [-0.2, 0) is 9.84 Å². The van der Waals surface area contributed by atoms with Gasteiger partial charge in [-0.2, -0.15) is 0 Å². The van der Waals surface area contributed by atoms with E-state index in [9.17, 15) is 8.42 Å². The van der Waals surface area contributed by atoms with E-state index in [0.717, 1.165) is 19.4 Å². The minimum absolute atomic E-state index is 0.0261. The van der Waals surface area contributed by atoms with Gasteiger partial charge in [-0.3, -0.25) is 0 Å². The summed E-state index contributed by atoms with van der Waals surface area (Å²) in [5.41, 5.74) is 0.0261. The fourth-order valence-corrected chi connectivity index (χ4v) is 5.28. The first kappa shape index (κ1) is 16.0. The second-order valence-corrected chi connectivity index (χ2v) is 8.07. The first-order valence-electron chi connectivity index (χ1n) is 7.39. The lowest BCUT2D eigenvalue weighted by Crippen LogP contribution is -2.33. The number of unbranched alkanes of at least 4 members (excludes halogenated alkanes) is 5. The second-order valence-electron chi connectivity index (χ2n) is 5.89. The van der Waals surface area contributed by atoms with Gasteiger partial charge >= 0.3 is 0 Å². The molecule has 1 aliphatic heterocycles. The molecule has 0 bridgehead atoms. The average Bonchev–Trinajstić information content (AvgIpc) is 2.60. The SMILES string of the molecule is CCCCCCCCC1(CNC)CCS(=O)(=O)C1. The first-order valence-corrected chi connectivity index (χ1v) is 9.21. The van der Waals surface area contributed by atoms with Crippen molar-refractivity contribution in [2.75, 3.05) is 25.1 Å². The predicted octanol–water partition coefficient (Wildman–Crippen LogP) is 2.76. The molecule has 1 heterocycles. The molecule has 4 heteroatoms. The highest BCUT2D eigenvalue weighted by Crippen LogP contribution is 2.36. The van der Waals surface area contributed by atoms with Gasteiger partial charge in [-0.1, -0.05) is 45.4 Å². The third-order valence-electron chi connectivity index (χ3n) is 4.08. The number of nitrogens with one attached hydrogen (secondary N) is 1. The van der Waals surface area contributed by atoms with E-state index in [4.69, 9.17) is 0 Å². The van der Waals surface area contributed by atoms with Gasteiger partial charge < -0.3 is 5.32 Å². The maximum absolute atomic E-state index is 11.7. The van der Waals surface area contributed by atoms with Gasteiger partial charge in [-0.05, 0) is 25.3 Å². The predicted molar refractivity (Wildman–Crippen MR) is 77.6 cm³/mol. The summed E-state index contributed by atoms with van der Waals surface area (Å²) >= 11 is 0. The Labute approximate surface area is 113 Å². The highest BCUT2D eigenvalue weighted by Gasteiger charge is 2.40. The van der Waals surface area contributed by atoms with Gasteiger partial charge in [0.1, 0.15) is 0 Å². The molecule has 0 aromatic rings. The van der Waals surface area contributed by atoms with E-state index in [0.29, 0.717) is 11.5 Å². The Bertz CT molecular complexity index is 327. The molecule has 0 amide bonds. The zero-order valence-corrected chi connectivity index (χ0v) is 12.8. The molecule has 1 atom stereocenters. The van der Waals surface area contributed by atoms with Crippen molar-refractivity contribution in [1.82, 2.24) is 5.32 Å². The van der Waals surface area contributed by atoms with E-state index in [2.05, 4.69) is 12.2 Å². The normalized spacial score (nSPS) is 26.6. The van der Waals surface area contributed by atoms with Gasteiger partial charge in [0.2, 0.25) is 0 Å². The van der Waals surface area contributed by atoms with Crippen molar-refractivity contribution < 1.29 is 8.42 Å². The molecular weight excluding hydrogens is 246 g/mol. The van der Waals surface area contributed by atoms with Gasteiger partial charge in [0.25, 0.3) is 0 Å². The van der Waals surface area contributed by atoms with E-state index in [-0.39, 0.29) is 5.41 Å². The zero-order chi connectivity index (χ0) is 13.5. The highest BCUT2D eigenvalue weighted by atomic mass is 32.2. The lowest BCUT2D eigenvalue weighted by molar-refractivity contribution is 0.285. The van der Waals surface area contributed by atoms with E-state index in [1.807, 2.05) is 7.05 Å². The minimum Gasteiger partial charge on any atom is -0.319 e. The number of sulfone groups is 1. The molecule has 108 valence electrons. The largest absolute Gasteiger partial charge is 0.319 e. The van der Waals surface area contributed by atoms with Crippen molar-refractivity contribution in [1.29, 1.82) is 0 Å². The van der Waals surface area contributed by atoms with Crippen molar-refractivity contribution in [2.45, 2.75) is 58.3 Å². The Morgan fingerprint density at radius 3 is 2.33 bits per heavy atom. The molecule has 0 radical (unpaired) electrons. The van der Waals surface area contributed by atoms with Crippen LogP contribution in [0.4, 0.5) is 0 Å². The van der Waals surface area contributed by atoms with Gasteiger partial charge in [0, 0.05) is 6.54 Å². The Hall–Kier alpha value is -0.0900. The summed E-state index contributed by atoms with van der Waals surface area (Å²) in [6.45, 7) is 3.08. The molecule has 1 fully saturated rings. The van der Waals surface area contributed by atoms with Gasteiger partial charge in [-0.15, -0.1) is 0 Å². The Balaban J connectivity index is 2.31. The Morgan fingerprint density at radius 1 is 1.11 bits per heavy atom. The second kappa shape index (κ2) is 7.49. The summed E-state index contributed by atoms with van der Waals surface area (Å²) in [5.74, 6) is 0.792. The summed E-state index contributed by atoms with van der Waals surface area (Å²) in [5, 5.41) is 3.19. The first-order chi connectivity index (χ1) is 8.54. The quantitative estimate of drug-likeness (QED) is 0.658. The summed E-state index contributed by atoms with van der Waals surface area (Å²) in [6, 6.07) is 0. The van der Waals surface area contributed by atoms with Crippen LogP contribution in [0.2, 0.25) is 0 Å². The van der Waals surface area contributed by atoms with Crippen LogP contribution in [0.5, 0.6) is 0 Å². The number of hydrogen-bond acceptors (Lipinski definition) is 3. The molecule has 0 aromatic carbocycles. The molecule has 1 rings (SSSR count). The number of rotatable bonds is 9. The van der Waals surface area contributed by atoms with Crippen LogP contribution in [0, 0.1) is 5.41 Å².